The third-order valence-electron chi connectivity index (χ3n) is 5.23. The summed E-state index contributed by atoms with van der Waals surface area (Å²) in [5, 5.41) is 7.60. The molecule has 1 aromatic carbocycles. The topological polar surface area (TPSA) is 170 Å². The van der Waals surface area contributed by atoms with Gasteiger partial charge < -0.3 is 25.1 Å². The Morgan fingerprint density at radius 3 is 2.24 bits per heavy atom. The van der Waals surface area contributed by atoms with E-state index in [1.165, 1.54) is 0 Å². The number of carboxylic acid groups (broad SMARTS) is 1. The first-order valence-corrected chi connectivity index (χ1v) is 12.1. The van der Waals surface area contributed by atoms with Crippen molar-refractivity contribution in [1.82, 2.24) is 0 Å². The van der Waals surface area contributed by atoms with Gasteiger partial charge in [0.05, 0.1) is 25.8 Å². The fraction of sp³-hybridized carbons (Fsp3) is 0.556. The van der Waals surface area contributed by atoms with Crippen molar-refractivity contribution in [1.29, 1.82) is 0 Å². The second-order valence-corrected chi connectivity index (χ2v) is 9.72. The molecule has 0 bridgehead atoms. The monoisotopic (exact) mass is 533 g/mol. The number of nitrogens with two attached hydrogens (primary N) is 1. The Balaban J connectivity index is 0.000000536. The number of hydrogen-bond acceptors (Lipinski definition) is 9. The summed E-state index contributed by atoms with van der Waals surface area (Å²) >= 11 is 0. The summed E-state index contributed by atoms with van der Waals surface area (Å²) < 4.78 is 14.6. The van der Waals surface area contributed by atoms with E-state index in [0.29, 0.717) is 25.9 Å². The first-order valence-electron chi connectivity index (χ1n) is 12.1. The Bertz CT molecular complexity index is 952. The van der Waals surface area contributed by atoms with Crippen LogP contribution < -0.4 is 10.5 Å². The molecular formula is C27H39N3O8. The fourth-order valence-electron chi connectivity index (χ4n) is 4.10. The van der Waals surface area contributed by atoms with E-state index in [0.717, 1.165) is 37.7 Å². The number of hydrogen-bond donors (Lipinski definition) is 2. The summed E-state index contributed by atoms with van der Waals surface area (Å²) in [5.74, 6) is -0.0620. The molecule has 3 unspecified atom stereocenters. The average molecular weight is 534 g/mol. The van der Waals surface area contributed by atoms with Crippen LogP contribution in [0.25, 0.3) is 0 Å². The molecule has 11 nitrogen and oxygen atoms in total. The molecule has 1 saturated heterocycles. The van der Waals surface area contributed by atoms with Crippen molar-refractivity contribution in [3.8, 4) is 5.75 Å². The Morgan fingerprint density at radius 1 is 1.21 bits per heavy atom. The van der Waals surface area contributed by atoms with Crippen LogP contribution in [0.5, 0.6) is 5.75 Å². The molecule has 210 valence electrons. The van der Waals surface area contributed by atoms with Crippen molar-refractivity contribution in [2.45, 2.75) is 59.1 Å². The van der Waals surface area contributed by atoms with Crippen molar-refractivity contribution < 1.29 is 38.5 Å². The molecule has 38 heavy (non-hydrogen) atoms. The van der Waals surface area contributed by atoms with Crippen molar-refractivity contribution in [3.05, 3.63) is 43.0 Å². The lowest BCUT2D eigenvalue weighted by atomic mass is 9.63. The molecule has 2 fully saturated rings. The van der Waals surface area contributed by atoms with Gasteiger partial charge in [-0.2, -0.15) is 0 Å². The fourth-order valence-corrected chi connectivity index (χ4v) is 4.10. The number of carboxylic acids is 1. The largest absolute Gasteiger partial charge is 0.491 e. The maximum absolute atomic E-state index is 10.3. The molecule has 1 saturated carbocycles. The lowest BCUT2D eigenvalue weighted by Crippen LogP contribution is -2.39. The third-order valence-corrected chi connectivity index (χ3v) is 5.23. The molecule has 0 spiro atoms. The van der Waals surface area contributed by atoms with Crippen LogP contribution in [0.15, 0.2) is 53.0 Å². The van der Waals surface area contributed by atoms with Crippen LogP contribution in [-0.2, 0) is 23.9 Å². The van der Waals surface area contributed by atoms with Crippen molar-refractivity contribution in [2.24, 2.45) is 26.5 Å². The number of rotatable bonds is 8. The Kier molecular flexibility index (Phi) is 16.6. The minimum atomic E-state index is -0.981. The molecule has 3 atom stereocenters. The summed E-state index contributed by atoms with van der Waals surface area (Å²) in [6.45, 7) is 13.4. The Labute approximate surface area is 223 Å². The van der Waals surface area contributed by atoms with Gasteiger partial charge in [-0.05, 0) is 49.1 Å². The van der Waals surface area contributed by atoms with Gasteiger partial charge in [0.15, 0.2) is 0 Å². The molecule has 11 heteroatoms. The normalized spacial score (nSPS) is 21.8. The number of para-hydroxylation sites is 1. The molecule has 3 rings (SSSR count). The van der Waals surface area contributed by atoms with Crippen LogP contribution in [0.1, 0.15) is 47.0 Å². The second-order valence-electron chi connectivity index (χ2n) is 9.72. The molecule has 0 aromatic heterocycles. The quantitative estimate of drug-likeness (QED) is 0.218. The number of aliphatic carboxylic acids is 1. The molecule has 2 aliphatic rings. The molecule has 3 N–H and O–H groups in total. The predicted octanol–water partition coefficient (Wildman–Crippen LogP) is 4.07. The Morgan fingerprint density at radius 2 is 1.82 bits per heavy atom. The minimum absolute atomic E-state index is 0.00750. The predicted molar refractivity (Wildman–Crippen MR) is 141 cm³/mol. The smallest absolute Gasteiger partial charge is 0.404 e. The van der Waals surface area contributed by atoms with Crippen LogP contribution >= 0.6 is 0 Å². The van der Waals surface area contributed by atoms with E-state index in [1.807, 2.05) is 30.3 Å². The van der Waals surface area contributed by atoms with Crippen molar-refractivity contribution in [2.75, 3.05) is 26.4 Å². The standard InChI is InChI=1S/C12H18N2O2.C9H10O2.C3H7NO2.C3H4O2/c1-11(2)4-10(14-9-16)5-12(3,6-11)7-13-8-15;1-2-4-8(5-3-1)10-6-9-7-11-9;1-2-6-3(4)5;1-2-3(4)5/h10H,4-7H2,1-3H3;1-5,9H,6-7H2;2H2,1H3,(H2,4,5);2H,1H2,(H,4,5). The summed E-state index contributed by atoms with van der Waals surface area (Å²) in [5.41, 5.74) is 4.60. The van der Waals surface area contributed by atoms with Gasteiger partial charge in [0.25, 0.3) is 0 Å². The van der Waals surface area contributed by atoms with E-state index in [4.69, 9.17) is 14.6 Å². The molecule has 0 radical (unpaired) electrons. The highest BCUT2D eigenvalue weighted by molar-refractivity contribution is 5.78. The lowest BCUT2D eigenvalue weighted by Gasteiger charge is -2.44. The number of isocyanates is 2. The molecule has 1 aliphatic heterocycles. The number of nitrogens with zero attached hydrogens (tertiary/aromatic N) is 2. The zero-order chi connectivity index (χ0) is 29.0. The molecule has 1 amide bonds. The van der Waals surface area contributed by atoms with Crippen molar-refractivity contribution in [3.63, 3.8) is 0 Å². The van der Waals surface area contributed by atoms with Gasteiger partial charge in [0.1, 0.15) is 18.5 Å². The minimum Gasteiger partial charge on any atom is -0.491 e. The Hall–Kier alpha value is -3.78. The number of aliphatic imine (C=N–C) groups is 2. The van der Waals surface area contributed by atoms with E-state index in [1.54, 1.807) is 19.1 Å². The molecule has 1 aliphatic carbocycles. The van der Waals surface area contributed by atoms with Gasteiger partial charge in [-0.15, -0.1) is 0 Å². The number of amides is 1. The average Bonchev–Trinajstić information content (AvgIpc) is 3.67. The van der Waals surface area contributed by atoms with Gasteiger partial charge in [-0.1, -0.05) is 45.5 Å². The summed E-state index contributed by atoms with van der Waals surface area (Å²) in [6.07, 6.45) is 6.35. The highest BCUT2D eigenvalue weighted by atomic mass is 16.6. The number of primary amides is 1. The van der Waals surface area contributed by atoms with Crippen LogP contribution in [0.4, 0.5) is 4.79 Å². The number of benzene rings is 1. The van der Waals surface area contributed by atoms with Crippen LogP contribution in [0, 0.1) is 10.8 Å². The summed E-state index contributed by atoms with van der Waals surface area (Å²) in [6, 6.07) is 9.80. The van der Waals surface area contributed by atoms with Gasteiger partial charge in [0, 0.05) is 6.08 Å². The zero-order valence-corrected chi connectivity index (χ0v) is 22.6. The SMILES string of the molecule is C=CC(=O)O.CC1(C)CC(N=C=O)CC(C)(CN=C=O)C1.CCOC(N)=O.c1ccc(OCC2CO2)cc1. The lowest BCUT2D eigenvalue weighted by molar-refractivity contribution is -0.131. The number of carbonyl (C=O) groups is 2. The van der Waals surface area contributed by atoms with Crippen LogP contribution in [-0.4, -0.2) is 67.8 Å². The second kappa shape index (κ2) is 18.5. The van der Waals surface area contributed by atoms with E-state index in [-0.39, 0.29) is 16.9 Å². The summed E-state index contributed by atoms with van der Waals surface area (Å²) in [7, 11) is 0. The first-order chi connectivity index (χ1) is 17.9. The number of carbonyl (C=O) groups excluding carboxylic acids is 3. The van der Waals surface area contributed by atoms with Crippen LogP contribution in [0.2, 0.25) is 0 Å². The van der Waals surface area contributed by atoms with E-state index in [2.05, 4.69) is 47.8 Å². The first kappa shape index (κ1) is 34.2. The molecule has 1 aromatic rings. The van der Waals surface area contributed by atoms with E-state index >= 15 is 0 Å². The maximum Gasteiger partial charge on any atom is 0.404 e. The van der Waals surface area contributed by atoms with Gasteiger partial charge in [-0.25, -0.2) is 29.2 Å². The van der Waals surface area contributed by atoms with Gasteiger partial charge in [0.2, 0.25) is 12.2 Å². The van der Waals surface area contributed by atoms with Crippen molar-refractivity contribution >= 4 is 24.2 Å². The zero-order valence-electron chi connectivity index (χ0n) is 22.6. The number of epoxide rings is 1. The summed E-state index contributed by atoms with van der Waals surface area (Å²) in [4.78, 5) is 46.9. The highest BCUT2D eigenvalue weighted by Crippen LogP contribution is 2.47. The number of ether oxygens (including phenoxy) is 3. The molecule has 1 heterocycles. The maximum atomic E-state index is 10.3. The van der Waals surface area contributed by atoms with Gasteiger partial charge in [-0.3, -0.25) is 0 Å². The van der Waals surface area contributed by atoms with Gasteiger partial charge >= 0.3 is 12.1 Å². The third kappa shape index (κ3) is 18.5. The highest BCUT2D eigenvalue weighted by Gasteiger charge is 2.41. The van der Waals surface area contributed by atoms with E-state index < -0.39 is 12.1 Å². The van der Waals surface area contributed by atoms with E-state index in [9.17, 15) is 19.2 Å². The van der Waals surface area contributed by atoms with Crippen LogP contribution in [0.3, 0.4) is 0 Å². The molecular weight excluding hydrogens is 494 g/mol.